The summed E-state index contributed by atoms with van der Waals surface area (Å²) in [4.78, 5) is 66.5. The number of Topliss-reactive ketones (excluding diaryl/α,β-unsaturated/α-hetero) is 1. The van der Waals surface area contributed by atoms with Gasteiger partial charge < -0.3 is 9.64 Å². The molecule has 0 saturated carbocycles. The molecule has 1 atom stereocenters. The lowest BCUT2D eigenvalue weighted by Gasteiger charge is -2.35. The Balaban J connectivity index is 1.16. The van der Waals surface area contributed by atoms with E-state index in [0.29, 0.717) is 50.3 Å². The van der Waals surface area contributed by atoms with E-state index in [1.54, 1.807) is 16.5 Å². The summed E-state index contributed by atoms with van der Waals surface area (Å²) in [5, 5.41) is 2.35. The minimum atomic E-state index is -0.694. The van der Waals surface area contributed by atoms with Crippen molar-refractivity contribution >= 4 is 34.7 Å². The maximum atomic E-state index is 13.1. The van der Waals surface area contributed by atoms with Gasteiger partial charge in [0.25, 0.3) is 0 Å². The van der Waals surface area contributed by atoms with E-state index in [0.717, 1.165) is 37.0 Å². The Morgan fingerprint density at radius 1 is 0.951 bits per heavy atom. The third kappa shape index (κ3) is 6.24. The number of imide groups is 1. The van der Waals surface area contributed by atoms with Crippen LogP contribution in [0.3, 0.4) is 0 Å². The van der Waals surface area contributed by atoms with Crippen molar-refractivity contribution in [2.75, 3.05) is 32.7 Å². The Morgan fingerprint density at radius 3 is 2.27 bits per heavy atom. The van der Waals surface area contributed by atoms with Crippen LogP contribution in [0.5, 0.6) is 0 Å². The van der Waals surface area contributed by atoms with Crippen LogP contribution in [0.25, 0.3) is 11.0 Å². The number of fused-ring (bicyclic) bond motifs is 1. The first-order chi connectivity index (χ1) is 19.4. The Hall–Kier alpha value is -3.47. The van der Waals surface area contributed by atoms with E-state index in [2.05, 4.69) is 10.2 Å². The van der Waals surface area contributed by atoms with Crippen LogP contribution in [0.15, 0.2) is 23.0 Å². The zero-order valence-corrected chi connectivity index (χ0v) is 24.5. The molecule has 41 heavy (non-hydrogen) atoms. The van der Waals surface area contributed by atoms with Crippen molar-refractivity contribution in [3.8, 4) is 0 Å². The molecule has 3 amide bonds. The lowest BCUT2D eigenvalue weighted by atomic mass is 9.88. The third-order valence-corrected chi connectivity index (χ3v) is 8.68. The zero-order chi connectivity index (χ0) is 29.5. The highest BCUT2D eigenvalue weighted by Gasteiger charge is 2.33. The summed E-state index contributed by atoms with van der Waals surface area (Å²) in [7, 11) is 1.71. The van der Waals surface area contributed by atoms with Gasteiger partial charge in [-0.15, -0.1) is 0 Å². The maximum Gasteiger partial charge on any atom is 0.410 e. The number of nitrogens with one attached hydrogen (secondary N) is 1. The number of amides is 3. The second kappa shape index (κ2) is 11.4. The number of piperidine rings is 3. The van der Waals surface area contributed by atoms with E-state index in [1.807, 2.05) is 39.0 Å². The number of likely N-dealkylation sites (tertiary alicyclic amines) is 2. The topological polar surface area (TPSA) is 123 Å². The van der Waals surface area contributed by atoms with Crippen LogP contribution < -0.4 is 11.0 Å². The summed E-state index contributed by atoms with van der Waals surface area (Å²) in [6, 6.07) is 5.30. The first-order valence-electron chi connectivity index (χ1n) is 14.7. The molecule has 11 heteroatoms. The number of rotatable bonds is 5. The average Bonchev–Trinajstić information content (AvgIpc) is 3.17. The zero-order valence-electron chi connectivity index (χ0n) is 24.5. The van der Waals surface area contributed by atoms with E-state index in [4.69, 9.17) is 4.74 Å². The fraction of sp³-hybridized carbons (Fsp3) is 0.633. The minimum Gasteiger partial charge on any atom is -0.444 e. The van der Waals surface area contributed by atoms with Crippen LogP contribution in [-0.2, 0) is 26.2 Å². The number of imidazole rings is 1. The van der Waals surface area contributed by atoms with Gasteiger partial charge >= 0.3 is 11.8 Å². The number of hydrogen-bond donors (Lipinski definition) is 1. The summed E-state index contributed by atoms with van der Waals surface area (Å²) in [5.41, 5.74) is 1.81. The third-order valence-electron chi connectivity index (χ3n) is 8.68. The van der Waals surface area contributed by atoms with E-state index in [1.165, 1.54) is 4.57 Å². The van der Waals surface area contributed by atoms with Gasteiger partial charge in [0.15, 0.2) is 0 Å². The first-order valence-corrected chi connectivity index (χ1v) is 14.7. The van der Waals surface area contributed by atoms with E-state index in [9.17, 15) is 24.0 Å². The SMILES string of the molecule is Cn1c(=O)n(C2CCC(=O)NC2=O)c2ccc(C3CCN(CC(=O)C4CCN(C(=O)OC(C)(C)C)CC4)CC3)cc21. The minimum absolute atomic E-state index is 0.0245. The molecule has 0 radical (unpaired) electrons. The van der Waals surface area contributed by atoms with Gasteiger partial charge in [0.05, 0.1) is 17.6 Å². The molecule has 1 aromatic heterocycles. The van der Waals surface area contributed by atoms with E-state index < -0.39 is 17.6 Å². The molecule has 3 aliphatic rings. The number of aromatic nitrogens is 2. The Bertz CT molecular complexity index is 1400. The molecule has 1 N–H and O–H groups in total. The van der Waals surface area contributed by atoms with Crippen LogP contribution in [0.4, 0.5) is 4.79 Å². The predicted molar refractivity (Wildman–Crippen MR) is 153 cm³/mol. The molecule has 3 fully saturated rings. The van der Waals surface area contributed by atoms with Gasteiger partial charge in [-0.05, 0) is 89.6 Å². The van der Waals surface area contributed by atoms with Crippen molar-refractivity contribution in [3.63, 3.8) is 0 Å². The number of carbonyl (C=O) groups is 4. The van der Waals surface area contributed by atoms with E-state index >= 15 is 0 Å². The molecule has 0 bridgehead atoms. The number of aryl methyl sites for hydroxylation is 1. The van der Waals surface area contributed by atoms with Gasteiger partial charge in [0.1, 0.15) is 17.4 Å². The molecule has 11 nitrogen and oxygen atoms in total. The molecule has 3 saturated heterocycles. The highest BCUT2D eigenvalue weighted by Crippen LogP contribution is 2.32. The fourth-order valence-corrected chi connectivity index (χ4v) is 6.35. The lowest BCUT2D eigenvalue weighted by molar-refractivity contribution is -0.135. The molecule has 1 aromatic carbocycles. The van der Waals surface area contributed by atoms with Gasteiger partial charge in [-0.3, -0.25) is 33.7 Å². The van der Waals surface area contributed by atoms with Crippen molar-refractivity contribution in [1.82, 2.24) is 24.3 Å². The number of carbonyl (C=O) groups excluding carboxylic acids is 4. The number of hydrogen-bond acceptors (Lipinski definition) is 7. The van der Waals surface area contributed by atoms with Gasteiger partial charge in [-0.2, -0.15) is 0 Å². The summed E-state index contributed by atoms with van der Waals surface area (Å²) in [5.74, 6) is -0.201. The van der Waals surface area contributed by atoms with Crippen molar-refractivity contribution in [3.05, 3.63) is 34.2 Å². The number of benzene rings is 1. The Labute approximate surface area is 239 Å². The second-order valence-electron chi connectivity index (χ2n) is 12.7. The standard InChI is InChI=1S/C30H41N5O6/c1-30(2,3)41-29(40)34-15-11-20(12-16-34)25(36)18-33-13-9-19(10-14-33)21-5-6-22-24(17-21)32(4)28(39)35(22)23-7-8-26(37)31-27(23)38/h5-6,17,19-20,23H,7-16,18H2,1-4H3,(H,31,37,38). The summed E-state index contributed by atoms with van der Waals surface area (Å²) in [6.07, 6.45) is 3.39. The number of nitrogens with zero attached hydrogens (tertiary/aromatic N) is 4. The van der Waals surface area contributed by atoms with Crippen molar-refractivity contribution in [2.24, 2.45) is 13.0 Å². The molecule has 4 heterocycles. The predicted octanol–water partition coefficient (Wildman–Crippen LogP) is 2.71. The summed E-state index contributed by atoms with van der Waals surface area (Å²) in [6.45, 7) is 8.73. The van der Waals surface area contributed by atoms with Crippen molar-refractivity contribution < 1.29 is 23.9 Å². The molecule has 3 aliphatic heterocycles. The molecule has 0 spiro atoms. The molecular weight excluding hydrogens is 526 g/mol. The second-order valence-corrected chi connectivity index (χ2v) is 12.7. The normalized spacial score (nSPS) is 21.8. The van der Waals surface area contributed by atoms with Crippen LogP contribution >= 0.6 is 0 Å². The largest absolute Gasteiger partial charge is 0.444 e. The van der Waals surface area contributed by atoms with Crippen molar-refractivity contribution in [2.45, 2.75) is 76.9 Å². The summed E-state index contributed by atoms with van der Waals surface area (Å²) >= 11 is 0. The van der Waals surface area contributed by atoms with Gasteiger partial charge in [0, 0.05) is 32.5 Å². The van der Waals surface area contributed by atoms with Crippen molar-refractivity contribution in [1.29, 1.82) is 0 Å². The maximum absolute atomic E-state index is 13.1. The van der Waals surface area contributed by atoms with E-state index in [-0.39, 0.29) is 35.8 Å². The summed E-state index contributed by atoms with van der Waals surface area (Å²) < 4.78 is 8.54. The number of ether oxygens (including phenoxy) is 1. The molecular formula is C30H41N5O6. The molecule has 2 aromatic rings. The first kappa shape index (κ1) is 29.0. The van der Waals surface area contributed by atoms with Gasteiger partial charge in [-0.25, -0.2) is 9.59 Å². The smallest absolute Gasteiger partial charge is 0.410 e. The average molecular weight is 568 g/mol. The molecule has 5 rings (SSSR count). The van der Waals surface area contributed by atoms with Crippen LogP contribution in [0.2, 0.25) is 0 Å². The quantitative estimate of drug-likeness (QED) is 0.551. The lowest BCUT2D eigenvalue weighted by Crippen LogP contribution is -2.45. The van der Waals surface area contributed by atoms with Crippen LogP contribution in [0, 0.1) is 5.92 Å². The molecule has 1 unspecified atom stereocenters. The Morgan fingerprint density at radius 2 is 1.63 bits per heavy atom. The van der Waals surface area contributed by atoms with Gasteiger partial charge in [0.2, 0.25) is 11.8 Å². The van der Waals surface area contributed by atoms with Crippen LogP contribution in [-0.4, -0.2) is 80.9 Å². The number of ketones is 1. The van der Waals surface area contributed by atoms with Gasteiger partial charge in [-0.1, -0.05) is 6.07 Å². The monoisotopic (exact) mass is 567 g/mol. The molecule has 222 valence electrons. The molecule has 0 aliphatic carbocycles. The van der Waals surface area contributed by atoms with Crippen LogP contribution in [0.1, 0.15) is 76.8 Å². The Kier molecular flexibility index (Phi) is 8.09. The highest BCUT2D eigenvalue weighted by molar-refractivity contribution is 6.00. The highest BCUT2D eigenvalue weighted by atomic mass is 16.6. The fourth-order valence-electron chi connectivity index (χ4n) is 6.35.